The van der Waals surface area contributed by atoms with E-state index in [2.05, 4.69) is 4.98 Å². The van der Waals surface area contributed by atoms with Gasteiger partial charge in [0.15, 0.2) is 0 Å². The highest BCUT2D eigenvalue weighted by Gasteiger charge is 2.39. The molecule has 4 rings (SSSR count). The maximum atomic E-state index is 12.4. The van der Waals surface area contributed by atoms with Crippen LogP contribution in [-0.4, -0.2) is 34.8 Å². The molecule has 0 bridgehead atoms. The monoisotopic (exact) mass is 308 g/mol. The Morgan fingerprint density at radius 3 is 2.70 bits per heavy atom. The third-order valence-corrected chi connectivity index (χ3v) is 4.27. The number of hydrogen-bond acceptors (Lipinski definition) is 5. The molecule has 2 aliphatic heterocycles. The van der Waals surface area contributed by atoms with Gasteiger partial charge in [0.25, 0.3) is 11.6 Å². The summed E-state index contributed by atoms with van der Waals surface area (Å²) in [6, 6.07) is 6.58. The highest BCUT2D eigenvalue weighted by atomic mass is 16.6. The molecular formula is C16H12N4O3. The van der Waals surface area contributed by atoms with Crippen LogP contribution >= 0.6 is 0 Å². The number of nitro groups is 1. The van der Waals surface area contributed by atoms with E-state index in [1.165, 1.54) is 17.0 Å². The van der Waals surface area contributed by atoms with Crippen molar-refractivity contribution in [3.63, 3.8) is 0 Å². The highest BCUT2D eigenvalue weighted by molar-refractivity contribution is 6.16. The molecule has 2 aromatic rings. The fourth-order valence-corrected chi connectivity index (χ4v) is 3.19. The highest BCUT2D eigenvalue weighted by Crippen LogP contribution is 2.48. The minimum atomic E-state index is -0.430. The molecule has 1 aromatic carbocycles. The van der Waals surface area contributed by atoms with Gasteiger partial charge in [-0.2, -0.15) is 0 Å². The minimum Gasteiger partial charge on any atom is -0.323 e. The summed E-state index contributed by atoms with van der Waals surface area (Å²) in [4.78, 5) is 31.0. The third kappa shape index (κ3) is 1.64. The molecule has 0 aliphatic carbocycles. The number of benzene rings is 1. The fourth-order valence-electron chi connectivity index (χ4n) is 3.19. The van der Waals surface area contributed by atoms with Gasteiger partial charge in [0.05, 0.1) is 16.2 Å². The molecule has 2 aliphatic rings. The maximum absolute atomic E-state index is 12.4. The number of pyridine rings is 1. The van der Waals surface area contributed by atoms with Crippen molar-refractivity contribution in [3.05, 3.63) is 57.3 Å². The van der Waals surface area contributed by atoms with E-state index in [1.807, 2.05) is 12.1 Å². The Kier molecular flexibility index (Phi) is 2.57. The zero-order chi connectivity index (χ0) is 16.3. The van der Waals surface area contributed by atoms with E-state index in [4.69, 9.17) is 0 Å². The minimum absolute atomic E-state index is 0.0428. The number of nitrogens with zero attached hydrogens (tertiary/aromatic N) is 4. The third-order valence-electron chi connectivity index (χ3n) is 4.27. The number of aromatic nitrogens is 1. The first-order valence-corrected chi connectivity index (χ1v) is 7.01. The molecule has 0 spiro atoms. The van der Waals surface area contributed by atoms with Crippen molar-refractivity contribution in [2.45, 2.75) is 0 Å². The Balaban J connectivity index is 2.16. The van der Waals surface area contributed by atoms with E-state index in [0.29, 0.717) is 28.3 Å². The molecule has 7 nitrogen and oxygen atoms in total. The van der Waals surface area contributed by atoms with Crippen molar-refractivity contribution in [3.8, 4) is 0 Å². The van der Waals surface area contributed by atoms with Gasteiger partial charge in [0.2, 0.25) is 0 Å². The van der Waals surface area contributed by atoms with Crippen molar-refractivity contribution in [2.24, 2.45) is 0 Å². The van der Waals surface area contributed by atoms with Crippen LogP contribution in [-0.2, 0) is 0 Å². The Morgan fingerprint density at radius 2 is 1.96 bits per heavy atom. The van der Waals surface area contributed by atoms with Gasteiger partial charge in [-0.05, 0) is 24.3 Å². The second kappa shape index (κ2) is 4.39. The molecular weight excluding hydrogens is 296 g/mol. The Morgan fingerprint density at radius 1 is 1.17 bits per heavy atom. The number of fused-ring (bicyclic) bond motifs is 1. The zero-order valence-electron chi connectivity index (χ0n) is 12.5. The van der Waals surface area contributed by atoms with Gasteiger partial charge in [0.1, 0.15) is 11.5 Å². The standard InChI is InChI=1S/C16H12N4O3/c1-18-12-8-9-4-3-7-17-15(9)19(2)14-11(20(22)23)6-5-10(13(12)14)16(18)21/h3-8H,1-2H3. The molecule has 7 heteroatoms. The van der Waals surface area contributed by atoms with Gasteiger partial charge in [0, 0.05) is 37.5 Å². The first kappa shape index (κ1) is 13.4. The summed E-state index contributed by atoms with van der Waals surface area (Å²) >= 11 is 0. The van der Waals surface area contributed by atoms with E-state index in [-0.39, 0.29) is 11.6 Å². The van der Waals surface area contributed by atoms with Gasteiger partial charge in [-0.1, -0.05) is 0 Å². The number of amides is 1. The molecule has 0 saturated carbocycles. The molecule has 1 amide bonds. The van der Waals surface area contributed by atoms with Gasteiger partial charge in [-0.3, -0.25) is 14.9 Å². The van der Waals surface area contributed by atoms with Crippen LogP contribution in [0.25, 0.3) is 11.8 Å². The van der Waals surface area contributed by atoms with E-state index >= 15 is 0 Å². The number of carbonyl (C=O) groups excluding carboxylic acids is 1. The molecule has 0 saturated heterocycles. The van der Waals surface area contributed by atoms with Crippen LogP contribution in [0.15, 0.2) is 30.5 Å². The normalized spacial score (nSPS) is 15.0. The summed E-state index contributed by atoms with van der Waals surface area (Å²) in [7, 11) is 3.40. The topological polar surface area (TPSA) is 79.6 Å². The van der Waals surface area contributed by atoms with Gasteiger partial charge in [-0.25, -0.2) is 4.98 Å². The molecule has 23 heavy (non-hydrogen) atoms. The first-order chi connectivity index (χ1) is 11.0. The second-order valence-corrected chi connectivity index (χ2v) is 5.48. The lowest BCUT2D eigenvalue weighted by Gasteiger charge is -2.20. The van der Waals surface area contributed by atoms with Gasteiger partial charge in [-0.15, -0.1) is 0 Å². The summed E-state index contributed by atoms with van der Waals surface area (Å²) in [6.45, 7) is 0. The van der Waals surface area contributed by atoms with Crippen LogP contribution < -0.4 is 4.90 Å². The predicted molar refractivity (Wildman–Crippen MR) is 85.4 cm³/mol. The largest absolute Gasteiger partial charge is 0.323 e. The molecule has 0 radical (unpaired) electrons. The van der Waals surface area contributed by atoms with Crippen molar-refractivity contribution in [1.29, 1.82) is 0 Å². The maximum Gasteiger partial charge on any atom is 0.293 e. The van der Waals surface area contributed by atoms with Crippen LogP contribution in [0.1, 0.15) is 21.5 Å². The fraction of sp³-hybridized carbons (Fsp3) is 0.125. The Hall–Kier alpha value is -3.22. The van der Waals surface area contributed by atoms with Crippen molar-refractivity contribution in [1.82, 2.24) is 9.88 Å². The first-order valence-electron chi connectivity index (χ1n) is 7.01. The number of nitro benzene ring substituents is 1. The number of anilines is 2. The van der Waals surface area contributed by atoms with E-state index < -0.39 is 4.92 Å². The summed E-state index contributed by atoms with van der Waals surface area (Å²) in [5.74, 6) is 0.454. The zero-order valence-corrected chi connectivity index (χ0v) is 12.5. The van der Waals surface area contributed by atoms with E-state index in [1.54, 1.807) is 31.3 Å². The lowest BCUT2D eigenvalue weighted by atomic mass is 10.0. The van der Waals surface area contributed by atoms with Gasteiger partial charge >= 0.3 is 0 Å². The quantitative estimate of drug-likeness (QED) is 0.597. The van der Waals surface area contributed by atoms with Crippen LogP contribution in [0, 0.1) is 10.1 Å². The van der Waals surface area contributed by atoms with Crippen molar-refractivity contribution < 1.29 is 9.72 Å². The summed E-state index contributed by atoms with van der Waals surface area (Å²) in [5, 5.41) is 11.5. The Labute approximate surface area is 131 Å². The smallest absolute Gasteiger partial charge is 0.293 e. The number of carbonyl (C=O) groups is 1. The van der Waals surface area contributed by atoms with Crippen LogP contribution in [0.5, 0.6) is 0 Å². The SMILES string of the molecule is CN1C(=O)c2ccc([N+](=O)[O-])c3c2C1=Cc1cccnc1N3C. The molecule has 1 aromatic heterocycles. The molecule has 0 atom stereocenters. The van der Waals surface area contributed by atoms with E-state index in [9.17, 15) is 14.9 Å². The number of rotatable bonds is 1. The summed E-state index contributed by atoms with van der Waals surface area (Å²) < 4.78 is 0. The summed E-state index contributed by atoms with van der Waals surface area (Å²) in [5.41, 5.74) is 2.88. The molecule has 114 valence electrons. The lowest BCUT2D eigenvalue weighted by Crippen LogP contribution is -2.17. The van der Waals surface area contributed by atoms with E-state index in [0.717, 1.165) is 5.56 Å². The second-order valence-electron chi connectivity index (χ2n) is 5.48. The molecule has 3 heterocycles. The van der Waals surface area contributed by atoms with Crippen LogP contribution in [0.4, 0.5) is 17.2 Å². The number of hydrogen-bond donors (Lipinski definition) is 0. The van der Waals surface area contributed by atoms with Crippen LogP contribution in [0.2, 0.25) is 0 Å². The predicted octanol–water partition coefficient (Wildman–Crippen LogP) is 2.65. The van der Waals surface area contributed by atoms with Gasteiger partial charge < -0.3 is 9.80 Å². The van der Waals surface area contributed by atoms with Crippen molar-refractivity contribution >= 4 is 34.9 Å². The average molecular weight is 308 g/mol. The summed E-state index contributed by atoms with van der Waals surface area (Å²) in [6.07, 6.45) is 3.49. The molecule has 0 unspecified atom stereocenters. The molecule has 0 fully saturated rings. The van der Waals surface area contributed by atoms with Crippen molar-refractivity contribution in [2.75, 3.05) is 19.0 Å². The average Bonchev–Trinajstić information content (AvgIpc) is 2.71. The van der Waals surface area contributed by atoms with Crippen LogP contribution in [0.3, 0.4) is 0 Å². The lowest BCUT2D eigenvalue weighted by molar-refractivity contribution is -0.384. The Bertz CT molecular complexity index is 920. The molecule has 0 N–H and O–H groups in total.